The summed E-state index contributed by atoms with van der Waals surface area (Å²) in [6.07, 6.45) is 1.90. The first-order valence-electron chi connectivity index (χ1n) is 6.99. The van der Waals surface area contributed by atoms with Gasteiger partial charge in [0.2, 0.25) is 0 Å². The van der Waals surface area contributed by atoms with Crippen LogP contribution in [0.25, 0.3) is 0 Å². The number of benzene rings is 1. The Kier molecular flexibility index (Phi) is 7.45. The Hall–Kier alpha value is -1.13. The van der Waals surface area contributed by atoms with Crippen LogP contribution in [-0.2, 0) is 6.42 Å². The summed E-state index contributed by atoms with van der Waals surface area (Å²) >= 11 is 0. The van der Waals surface area contributed by atoms with E-state index in [0.29, 0.717) is 18.3 Å². The minimum Gasteiger partial charge on any atom is -0.491 e. The van der Waals surface area contributed by atoms with Gasteiger partial charge in [-0.2, -0.15) is 0 Å². The van der Waals surface area contributed by atoms with E-state index in [0.717, 1.165) is 38.0 Å². The van der Waals surface area contributed by atoms with E-state index in [4.69, 9.17) is 10.5 Å². The second-order valence-electron chi connectivity index (χ2n) is 4.83. The summed E-state index contributed by atoms with van der Waals surface area (Å²) in [5, 5.41) is 3.35. The molecule has 19 heavy (non-hydrogen) atoms. The number of hydrogen-bond acceptors (Lipinski definition) is 3. The third-order valence-corrected chi connectivity index (χ3v) is 3.10. The molecular formula is C15H25FN2O. The molecule has 1 rings (SSSR count). The van der Waals surface area contributed by atoms with Crippen LogP contribution in [0.2, 0.25) is 0 Å². The molecule has 1 aromatic rings. The van der Waals surface area contributed by atoms with Gasteiger partial charge in [-0.25, -0.2) is 4.39 Å². The number of nitrogens with one attached hydrogen (secondary N) is 1. The Morgan fingerprint density at radius 3 is 2.79 bits per heavy atom. The van der Waals surface area contributed by atoms with E-state index in [1.54, 1.807) is 12.1 Å². The van der Waals surface area contributed by atoms with Crippen LogP contribution >= 0.6 is 0 Å². The first-order chi connectivity index (χ1) is 9.17. The van der Waals surface area contributed by atoms with Crippen LogP contribution in [0.5, 0.6) is 5.75 Å². The van der Waals surface area contributed by atoms with Crippen LogP contribution < -0.4 is 15.8 Å². The van der Waals surface area contributed by atoms with E-state index in [2.05, 4.69) is 12.2 Å². The Morgan fingerprint density at radius 1 is 1.37 bits per heavy atom. The highest BCUT2D eigenvalue weighted by Gasteiger charge is 2.04. The van der Waals surface area contributed by atoms with Crippen molar-refractivity contribution in [2.45, 2.75) is 26.7 Å². The van der Waals surface area contributed by atoms with Gasteiger partial charge in [0.25, 0.3) is 0 Å². The molecule has 0 saturated carbocycles. The molecule has 0 heterocycles. The van der Waals surface area contributed by atoms with Gasteiger partial charge in [0.1, 0.15) is 0 Å². The highest BCUT2D eigenvalue weighted by Crippen LogP contribution is 2.18. The predicted molar refractivity (Wildman–Crippen MR) is 77.0 cm³/mol. The molecule has 0 radical (unpaired) electrons. The predicted octanol–water partition coefficient (Wildman–Crippen LogP) is 2.34. The zero-order chi connectivity index (χ0) is 14.1. The normalized spacial score (nSPS) is 12.4. The van der Waals surface area contributed by atoms with Crippen molar-refractivity contribution < 1.29 is 9.13 Å². The number of halogens is 1. The van der Waals surface area contributed by atoms with Crippen LogP contribution in [0.4, 0.5) is 4.39 Å². The largest absolute Gasteiger partial charge is 0.491 e. The molecule has 0 aliphatic heterocycles. The first kappa shape index (κ1) is 15.9. The smallest absolute Gasteiger partial charge is 0.165 e. The minimum absolute atomic E-state index is 0.281. The Bertz CT molecular complexity index is 371. The molecule has 0 saturated heterocycles. The third-order valence-electron chi connectivity index (χ3n) is 3.10. The van der Waals surface area contributed by atoms with Gasteiger partial charge in [0, 0.05) is 0 Å². The van der Waals surface area contributed by atoms with Gasteiger partial charge in [0.15, 0.2) is 11.6 Å². The van der Waals surface area contributed by atoms with Crippen molar-refractivity contribution in [1.29, 1.82) is 0 Å². The maximum atomic E-state index is 13.6. The van der Waals surface area contributed by atoms with Gasteiger partial charge in [-0.15, -0.1) is 0 Å². The number of ether oxygens (including phenoxy) is 1. The van der Waals surface area contributed by atoms with Gasteiger partial charge in [-0.3, -0.25) is 0 Å². The van der Waals surface area contributed by atoms with Gasteiger partial charge < -0.3 is 15.8 Å². The van der Waals surface area contributed by atoms with Crippen molar-refractivity contribution >= 4 is 0 Å². The lowest BCUT2D eigenvalue weighted by molar-refractivity contribution is 0.321. The molecule has 1 atom stereocenters. The molecule has 0 fully saturated rings. The first-order valence-corrected chi connectivity index (χ1v) is 6.99. The zero-order valence-corrected chi connectivity index (χ0v) is 11.9. The Balaban J connectivity index is 2.28. The fourth-order valence-electron chi connectivity index (χ4n) is 1.80. The zero-order valence-electron chi connectivity index (χ0n) is 11.9. The monoisotopic (exact) mass is 268 g/mol. The van der Waals surface area contributed by atoms with Crippen LogP contribution in [0.3, 0.4) is 0 Å². The van der Waals surface area contributed by atoms with Crippen molar-refractivity contribution in [3.05, 3.63) is 29.6 Å². The standard InChI is InChI=1S/C15H25FN2O/c1-3-19-15-5-4-13(10-14(15)16)7-9-18-8-6-12(2)11-17/h4-5,10,12,18H,3,6-9,11,17H2,1-2H3. The van der Waals surface area contributed by atoms with Gasteiger partial charge >= 0.3 is 0 Å². The number of rotatable bonds is 9. The van der Waals surface area contributed by atoms with E-state index >= 15 is 0 Å². The van der Waals surface area contributed by atoms with E-state index in [1.165, 1.54) is 0 Å². The summed E-state index contributed by atoms with van der Waals surface area (Å²) in [7, 11) is 0. The lowest BCUT2D eigenvalue weighted by atomic mass is 10.1. The van der Waals surface area contributed by atoms with E-state index in [-0.39, 0.29) is 5.82 Å². The van der Waals surface area contributed by atoms with Gasteiger partial charge in [-0.1, -0.05) is 13.0 Å². The molecular weight excluding hydrogens is 243 g/mol. The van der Waals surface area contributed by atoms with Crippen LogP contribution in [0.15, 0.2) is 18.2 Å². The molecule has 0 bridgehead atoms. The molecule has 1 aromatic carbocycles. The second kappa shape index (κ2) is 8.88. The summed E-state index contributed by atoms with van der Waals surface area (Å²) in [6, 6.07) is 5.16. The highest BCUT2D eigenvalue weighted by atomic mass is 19.1. The molecule has 108 valence electrons. The maximum Gasteiger partial charge on any atom is 0.165 e. The Morgan fingerprint density at radius 2 is 2.16 bits per heavy atom. The lowest BCUT2D eigenvalue weighted by Gasteiger charge is -2.10. The van der Waals surface area contributed by atoms with Crippen LogP contribution in [0, 0.1) is 11.7 Å². The summed E-state index contributed by atoms with van der Waals surface area (Å²) in [4.78, 5) is 0. The van der Waals surface area contributed by atoms with Crippen LogP contribution in [0.1, 0.15) is 25.8 Å². The molecule has 1 unspecified atom stereocenters. The Labute approximate surface area is 115 Å². The summed E-state index contributed by atoms with van der Waals surface area (Å²) in [5.41, 5.74) is 6.54. The average molecular weight is 268 g/mol. The summed E-state index contributed by atoms with van der Waals surface area (Å²) in [5.74, 6) is 0.600. The van der Waals surface area contributed by atoms with Crippen molar-refractivity contribution in [1.82, 2.24) is 5.32 Å². The maximum absolute atomic E-state index is 13.6. The van der Waals surface area contributed by atoms with Gasteiger partial charge in [0.05, 0.1) is 6.61 Å². The van der Waals surface area contributed by atoms with Crippen molar-refractivity contribution in [3.8, 4) is 5.75 Å². The molecule has 4 heteroatoms. The van der Waals surface area contributed by atoms with Gasteiger partial charge in [-0.05, 0) is 63.0 Å². The highest BCUT2D eigenvalue weighted by molar-refractivity contribution is 5.29. The summed E-state index contributed by atoms with van der Waals surface area (Å²) < 4.78 is 18.8. The van der Waals surface area contributed by atoms with Crippen molar-refractivity contribution in [2.24, 2.45) is 11.7 Å². The molecule has 0 aliphatic carbocycles. The van der Waals surface area contributed by atoms with Crippen LogP contribution in [-0.4, -0.2) is 26.2 Å². The minimum atomic E-state index is -0.281. The third kappa shape index (κ3) is 6.03. The topological polar surface area (TPSA) is 47.3 Å². The summed E-state index contributed by atoms with van der Waals surface area (Å²) in [6.45, 7) is 7.01. The molecule has 0 aliphatic rings. The lowest BCUT2D eigenvalue weighted by Crippen LogP contribution is -2.22. The average Bonchev–Trinajstić information content (AvgIpc) is 2.41. The molecule has 0 amide bonds. The molecule has 3 nitrogen and oxygen atoms in total. The number of hydrogen-bond donors (Lipinski definition) is 2. The fourth-order valence-corrected chi connectivity index (χ4v) is 1.80. The van der Waals surface area contributed by atoms with Crippen molar-refractivity contribution in [3.63, 3.8) is 0 Å². The molecule has 0 spiro atoms. The molecule has 3 N–H and O–H groups in total. The van der Waals surface area contributed by atoms with Crippen molar-refractivity contribution in [2.75, 3.05) is 26.2 Å². The quantitative estimate of drug-likeness (QED) is 0.676. The van der Waals surface area contributed by atoms with E-state index < -0.39 is 0 Å². The fraction of sp³-hybridized carbons (Fsp3) is 0.600. The van der Waals surface area contributed by atoms with E-state index in [1.807, 2.05) is 13.0 Å². The number of nitrogens with two attached hydrogens (primary N) is 1. The van der Waals surface area contributed by atoms with E-state index in [9.17, 15) is 4.39 Å². The molecule has 0 aromatic heterocycles. The SMILES string of the molecule is CCOc1ccc(CCNCCC(C)CN)cc1F. The second-order valence-corrected chi connectivity index (χ2v) is 4.83.